The topological polar surface area (TPSA) is 53.7 Å². The molecule has 2 heterocycles. The van der Waals surface area contributed by atoms with Crippen molar-refractivity contribution in [1.29, 1.82) is 0 Å². The lowest BCUT2D eigenvalue weighted by atomic mass is 9.75. The van der Waals surface area contributed by atoms with Gasteiger partial charge in [0.2, 0.25) is 0 Å². The number of rotatable bonds is 1. The summed E-state index contributed by atoms with van der Waals surface area (Å²) in [6, 6.07) is 0. The fraction of sp³-hybridized carbons (Fsp3) is 0.722. The maximum Gasteiger partial charge on any atom is 0.289 e. The molecule has 0 aromatic carbocycles. The SMILES string of the molecule is Cc1c(C(=O)N2CCCC(C)C2)oc2c1C(O)CC(C)(C)C2. The van der Waals surface area contributed by atoms with Gasteiger partial charge in [-0.2, -0.15) is 0 Å². The molecular weight excluding hydrogens is 278 g/mol. The minimum atomic E-state index is -0.524. The van der Waals surface area contributed by atoms with Crippen LogP contribution in [-0.4, -0.2) is 29.0 Å². The number of aliphatic hydroxyl groups excluding tert-OH is 1. The highest BCUT2D eigenvalue weighted by molar-refractivity contribution is 5.93. The number of likely N-dealkylation sites (tertiary alicyclic amines) is 1. The molecule has 1 aliphatic carbocycles. The molecule has 1 saturated heterocycles. The number of furan rings is 1. The van der Waals surface area contributed by atoms with Crippen LogP contribution >= 0.6 is 0 Å². The molecule has 2 aliphatic rings. The first-order valence-electron chi connectivity index (χ1n) is 8.38. The monoisotopic (exact) mass is 305 g/mol. The van der Waals surface area contributed by atoms with Gasteiger partial charge in [-0.25, -0.2) is 0 Å². The number of hydrogen-bond donors (Lipinski definition) is 1. The highest BCUT2D eigenvalue weighted by atomic mass is 16.4. The molecule has 4 heteroatoms. The summed E-state index contributed by atoms with van der Waals surface area (Å²) < 4.78 is 5.94. The van der Waals surface area contributed by atoms with E-state index in [1.807, 2.05) is 11.8 Å². The second-order valence-electron chi connectivity index (χ2n) is 7.95. The van der Waals surface area contributed by atoms with Gasteiger partial charge in [-0.1, -0.05) is 20.8 Å². The zero-order chi connectivity index (χ0) is 16.1. The van der Waals surface area contributed by atoms with E-state index in [2.05, 4.69) is 20.8 Å². The summed E-state index contributed by atoms with van der Waals surface area (Å²) in [5.74, 6) is 1.78. The molecule has 2 atom stereocenters. The molecule has 1 aliphatic heterocycles. The van der Waals surface area contributed by atoms with Crippen LogP contribution < -0.4 is 0 Å². The molecule has 4 nitrogen and oxygen atoms in total. The van der Waals surface area contributed by atoms with E-state index < -0.39 is 6.10 Å². The van der Waals surface area contributed by atoms with Crippen molar-refractivity contribution in [3.05, 3.63) is 22.6 Å². The van der Waals surface area contributed by atoms with Crippen molar-refractivity contribution in [2.24, 2.45) is 11.3 Å². The van der Waals surface area contributed by atoms with E-state index in [0.29, 0.717) is 11.7 Å². The summed E-state index contributed by atoms with van der Waals surface area (Å²) in [6.07, 6.45) is 3.22. The molecule has 122 valence electrons. The third-order valence-electron chi connectivity index (χ3n) is 5.13. The Hall–Kier alpha value is -1.29. The summed E-state index contributed by atoms with van der Waals surface area (Å²) in [5.41, 5.74) is 1.70. The average Bonchev–Trinajstić information content (AvgIpc) is 2.73. The van der Waals surface area contributed by atoms with Crippen LogP contribution in [0.4, 0.5) is 0 Å². The molecule has 3 rings (SSSR count). The lowest BCUT2D eigenvalue weighted by Crippen LogP contribution is -2.39. The van der Waals surface area contributed by atoms with Crippen molar-refractivity contribution in [2.75, 3.05) is 13.1 Å². The first kappa shape index (κ1) is 15.6. The number of hydrogen-bond acceptors (Lipinski definition) is 3. The van der Waals surface area contributed by atoms with Crippen LogP contribution in [0, 0.1) is 18.3 Å². The summed E-state index contributed by atoms with van der Waals surface area (Å²) in [5, 5.41) is 10.4. The van der Waals surface area contributed by atoms with Gasteiger partial charge in [0.1, 0.15) is 5.76 Å². The largest absolute Gasteiger partial charge is 0.455 e. The second-order valence-corrected chi connectivity index (χ2v) is 7.95. The molecule has 0 radical (unpaired) electrons. The van der Waals surface area contributed by atoms with Gasteiger partial charge in [-0.05, 0) is 37.5 Å². The quantitative estimate of drug-likeness (QED) is 0.864. The van der Waals surface area contributed by atoms with Gasteiger partial charge in [-0.15, -0.1) is 0 Å². The third kappa shape index (κ3) is 2.69. The third-order valence-corrected chi connectivity index (χ3v) is 5.13. The molecule has 0 spiro atoms. The highest BCUT2D eigenvalue weighted by Crippen LogP contribution is 2.44. The Morgan fingerprint density at radius 2 is 2.14 bits per heavy atom. The molecule has 2 unspecified atom stereocenters. The van der Waals surface area contributed by atoms with E-state index in [1.54, 1.807) is 0 Å². The zero-order valence-corrected chi connectivity index (χ0v) is 14.1. The van der Waals surface area contributed by atoms with Gasteiger partial charge in [0, 0.05) is 30.6 Å². The molecular formula is C18H27NO3. The van der Waals surface area contributed by atoms with Gasteiger partial charge >= 0.3 is 0 Å². The van der Waals surface area contributed by atoms with Crippen molar-refractivity contribution in [2.45, 2.75) is 59.5 Å². The maximum absolute atomic E-state index is 12.8. The average molecular weight is 305 g/mol. The zero-order valence-electron chi connectivity index (χ0n) is 14.1. The van der Waals surface area contributed by atoms with E-state index in [9.17, 15) is 9.90 Å². The Labute approximate surface area is 132 Å². The summed E-state index contributed by atoms with van der Waals surface area (Å²) in [4.78, 5) is 14.7. The van der Waals surface area contributed by atoms with E-state index in [4.69, 9.17) is 4.42 Å². The van der Waals surface area contributed by atoms with Crippen molar-refractivity contribution >= 4 is 5.91 Å². The van der Waals surface area contributed by atoms with Crippen LogP contribution in [0.15, 0.2) is 4.42 Å². The molecule has 1 aromatic heterocycles. The second kappa shape index (κ2) is 5.41. The van der Waals surface area contributed by atoms with Crippen LogP contribution in [0.5, 0.6) is 0 Å². The number of amides is 1. The van der Waals surface area contributed by atoms with E-state index >= 15 is 0 Å². The summed E-state index contributed by atoms with van der Waals surface area (Å²) in [6.45, 7) is 9.96. The molecule has 1 N–H and O–H groups in total. The number of carbonyl (C=O) groups is 1. The number of nitrogens with zero attached hydrogens (tertiary/aromatic N) is 1. The molecule has 1 aromatic rings. The standard InChI is InChI=1S/C18H27NO3/c1-11-6-5-7-19(10-11)17(21)16-12(2)15-13(20)8-18(3,4)9-14(15)22-16/h11,13,20H,5-10H2,1-4H3. The smallest absolute Gasteiger partial charge is 0.289 e. The Morgan fingerprint density at radius 3 is 2.82 bits per heavy atom. The summed E-state index contributed by atoms with van der Waals surface area (Å²) in [7, 11) is 0. The van der Waals surface area contributed by atoms with Gasteiger partial charge in [0.05, 0.1) is 6.10 Å². The van der Waals surface area contributed by atoms with Crippen LogP contribution in [0.2, 0.25) is 0 Å². The predicted molar refractivity (Wildman–Crippen MR) is 84.8 cm³/mol. The van der Waals surface area contributed by atoms with Crippen LogP contribution in [-0.2, 0) is 6.42 Å². The Balaban J connectivity index is 1.91. The van der Waals surface area contributed by atoms with Gasteiger partial charge in [-0.3, -0.25) is 4.79 Å². The first-order chi connectivity index (χ1) is 10.3. The minimum absolute atomic E-state index is 0.0106. The predicted octanol–water partition coefficient (Wildman–Crippen LogP) is 3.47. The number of aliphatic hydroxyl groups is 1. The first-order valence-corrected chi connectivity index (χ1v) is 8.38. The Morgan fingerprint density at radius 1 is 1.41 bits per heavy atom. The number of carbonyl (C=O) groups excluding carboxylic acids is 1. The summed E-state index contributed by atoms with van der Waals surface area (Å²) >= 11 is 0. The van der Waals surface area contributed by atoms with Crippen molar-refractivity contribution in [1.82, 2.24) is 4.90 Å². The minimum Gasteiger partial charge on any atom is -0.455 e. The lowest BCUT2D eigenvalue weighted by molar-refractivity contribution is 0.0642. The number of piperidine rings is 1. The highest BCUT2D eigenvalue weighted by Gasteiger charge is 2.38. The Bertz CT molecular complexity index is 587. The maximum atomic E-state index is 12.8. The van der Waals surface area contributed by atoms with Crippen LogP contribution in [0.25, 0.3) is 0 Å². The number of fused-ring (bicyclic) bond motifs is 1. The lowest BCUT2D eigenvalue weighted by Gasteiger charge is -2.31. The van der Waals surface area contributed by atoms with Gasteiger partial charge in [0.15, 0.2) is 5.76 Å². The molecule has 22 heavy (non-hydrogen) atoms. The van der Waals surface area contributed by atoms with Crippen LogP contribution in [0.1, 0.15) is 73.6 Å². The van der Waals surface area contributed by atoms with E-state index in [-0.39, 0.29) is 11.3 Å². The molecule has 0 bridgehead atoms. The normalized spacial score (nSPS) is 27.6. The fourth-order valence-corrected chi connectivity index (χ4v) is 4.01. The molecule has 1 amide bonds. The van der Waals surface area contributed by atoms with E-state index in [1.165, 1.54) is 6.42 Å². The van der Waals surface area contributed by atoms with Crippen LogP contribution in [0.3, 0.4) is 0 Å². The van der Waals surface area contributed by atoms with E-state index in [0.717, 1.165) is 49.2 Å². The Kier molecular flexibility index (Phi) is 3.84. The van der Waals surface area contributed by atoms with Gasteiger partial charge in [0.25, 0.3) is 5.91 Å². The fourth-order valence-electron chi connectivity index (χ4n) is 4.01. The molecule has 1 fully saturated rings. The molecule has 0 saturated carbocycles. The van der Waals surface area contributed by atoms with Crippen molar-refractivity contribution in [3.8, 4) is 0 Å². The van der Waals surface area contributed by atoms with Crippen molar-refractivity contribution < 1.29 is 14.3 Å². The van der Waals surface area contributed by atoms with Gasteiger partial charge < -0.3 is 14.4 Å². The van der Waals surface area contributed by atoms with Crippen molar-refractivity contribution in [3.63, 3.8) is 0 Å².